The molecule has 1 saturated heterocycles. The fourth-order valence-corrected chi connectivity index (χ4v) is 3.09. The van der Waals surface area contributed by atoms with E-state index in [9.17, 15) is 4.79 Å². The Labute approximate surface area is 110 Å². The molecule has 18 heavy (non-hydrogen) atoms. The van der Waals surface area contributed by atoms with E-state index in [-0.39, 0.29) is 0 Å². The number of hydrogen-bond acceptors (Lipinski definition) is 6. The Hall–Kier alpha value is -1.18. The Morgan fingerprint density at radius 2 is 2.39 bits per heavy atom. The van der Waals surface area contributed by atoms with Gasteiger partial charge in [-0.3, -0.25) is 4.79 Å². The summed E-state index contributed by atoms with van der Waals surface area (Å²) in [7, 11) is 2.10. The molecule has 2 rings (SSSR count). The van der Waals surface area contributed by atoms with Crippen molar-refractivity contribution >= 4 is 22.4 Å². The number of carboxylic acid groups (broad SMARTS) is 1. The number of thiazole rings is 1. The molecule has 1 aromatic heterocycles. The summed E-state index contributed by atoms with van der Waals surface area (Å²) in [4.78, 5) is 19.7. The monoisotopic (exact) mass is 270 g/mol. The Kier molecular flexibility index (Phi) is 3.84. The predicted octanol–water partition coefficient (Wildman–Crippen LogP) is 0.368. The van der Waals surface area contributed by atoms with Gasteiger partial charge >= 0.3 is 5.97 Å². The van der Waals surface area contributed by atoms with E-state index in [0.717, 1.165) is 24.8 Å². The number of piperazine rings is 1. The van der Waals surface area contributed by atoms with Crippen LogP contribution >= 0.6 is 11.3 Å². The second-order valence-electron chi connectivity index (χ2n) is 4.68. The van der Waals surface area contributed by atoms with Crippen molar-refractivity contribution in [3.8, 4) is 0 Å². The maximum Gasteiger partial charge on any atom is 0.326 e. The topological polar surface area (TPSA) is 82.7 Å². The minimum atomic E-state index is -1.04. The van der Waals surface area contributed by atoms with Gasteiger partial charge in [0.15, 0.2) is 5.13 Å². The standard InChI is InChI=1S/C11H18N4O2S/c1-7-5-14(2)3-4-15(7)11-13-8(6-18-11)9(12)10(16)17/h6-7,9H,3-5,12H2,1-2H3,(H,16,17). The normalized spacial score (nSPS) is 23.1. The van der Waals surface area contributed by atoms with Crippen LogP contribution in [0.5, 0.6) is 0 Å². The van der Waals surface area contributed by atoms with Crippen molar-refractivity contribution in [1.82, 2.24) is 9.88 Å². The molecule has 0 bridgehead atoms. The van der Waals surface area contributed by atoms with Crippen molar-refractivity contribution in [2.75, 3.05) is 31.6 Å². The van der Waals surface area contributed by atoms with E-state index in [0.29, 0.717) is 11.7 Å². The zero-order chi connectivity index (χ0) is 13.3. The quantitative estimate of drug-likeness (QED) is 0.825. The molecular formula is C11H18N4O2S. The van der Waals surface area contributed by atoms with E-state index in [1.165, 1.54) is 11.3 Å². The second kappa shape index (κ2) is 5.21. The van der Waals surface area contributed by atoms with Gasteiger partial charge in [-0.1, -0.05) is 0 Å². The van der Waals surface area contributed by atoms with Gasteiger partial charge < -0.3 is 20.6 Å². The van der Waals surface area contributed by atoms with Gasteiger partial charge in [-0.25, -0.2) is 4.98 Å². The van der Waals surface area contributed by atoms with Gasteiger partial charge in [-0.2, -0.15) is 0 Å². The minimum Gasteiger partial charge on any atom is -0.480 e. The maximum atomic E-state index is 10.8. The number of carboxylic acids is 1. The van der Waals surface area contributed by atoms with Crippen LogP contribution in [0.2, 0.25) is 0 Å². The first-order valence-corrected chi connectivity index (χ1v) is 6.76. The molecule has 0 aliphatic carbocycles. The van der Waals surface area contributed by atoms with Crippen LogP contribution < -0.4 is 10.6 Å². The van der Waals surface area contributed by atoms with Gasteiger partial charge in [0.05, 0.1) is 5.69 Å². The summed E-state index contributed by atoms with van der Waals surface area (Å²) in [5.41, 5.74) is 5.99. The molecule has 2 heterocycles. The molecule has 1 aliphatic heterocycles. The largest absolute Gasteiger partial charge is 0.480 e. The summed E-state index contributed by atoms with van der Waals surface area (Å²) in [6.07, 6.45) is 0. The van der Waals surface area contributed by atoms with Crippen molar-refractivity contribution in [2.24, 2.45) is 5.73 Å². The lowest BCUT2D eigenvalue weighted by Crippen LogP contribution is -2.50. The highest BCUT2D eigenvalue weighted by Crippen LogP contribution is 2.26. The van der Waals surface area contributed by atoms with E-state index in [1.54, 1.807) is 5.38 Å². The van der Waals surface area contributed by atoms with Gasteiger partial charge in [0, 0.05) is 31.1 Å². The zero-order valence-corrected chi connectivity index (χ0v) is 11.4. The van der Waals surface area contributed by atoms with Gasteiger partial charge in [0.1, 0.15) is 6.04 Å². The van der Waals surface area contributed by atoms with Crippen LogP contribution in [-0.2, 0) is 4.79 Å². The summed E-state index contributed by atoms with van der Waals surface area (Å²) in [6, 6.07) is -0.651. The van der Waals surface area contributed by atoms with E-state index >= 15 is 0 Å². The number of aliphatic carboxylic acids is 1. The van der Waals surface area contributed by atoms with Crippen molar-refractivity contribution in [3.63, 3.8) is 0 Å². The Morgan fingerprint density at radius 1 is 1.67 bits per heavy atom. The first-order chi connectivity index (χ1) is 8.49. The summed E-state index contributed by atoms with van der Waals surface area (Å²) < 4.78 is 0. The third kappa shape index (κ3) is 2.63. The zero-order valence-electron chi connectivity index (χ0n) is 10.5. The molecule has 3 N–H and O–H groups in total. The molecule has 2 atom stereocenters. The molecule has 0 amide bonds. The minimum absolute atomic E-state index is 0.379. The average Bonchev–Trinajstić information content (AvgIpc) is 2.77. The van der Waals surface area contributed by atoms with Gasteiger partial charge in [0.25, 0.3) is 0 Å². The van der Waals surface area contributed by atoms with Crippen LogP contribution in [-0.4, -0.2) is 53.7 Å². The van der Waals surface area contributed by atoms with Crippen molar-refractivity contribution in [2.45, 2.75) is 19.0 Å². The molecule has 0 radical (unpaired) electrons. The summed E-state index contributed by atoms with van der Waals surface area (Å²) in [5, 5.41) is 11.5. The molecule has 0 aromatic carbocycles. The molecule has 1 aliphatic rings. The Morgan fingerprint density at radius 3 is 3.00 bits per heavy atom. The van der Waals surface area contributed by atoms with Gasteiger partial charge in [-0.05, 0) is 14.0 Å². The lowest BCUT2D eigenvalue weighted by molar-refractivity contribution is -0.138. The van der Waals surface area contributed by atoms with Crippen LogP contribution in [0.3, 0.4) is 0 Å². The number of rotatable bonds is 3. The fraction of sp³-hybridized carbons (Fsp3) is 0.636. The Balaban J connectivity index is 2.12. The molecule has 1 aromatic rings. The number of nitrogens with zero attached hydrogens (tertiary/aromatic N) is 3. The first-order valence-electron chi connectivity index (χ1n) is 5.88. The average molecular weight is 270 g/mol. The number of hydrogen-bond donors (Lipinski definition) is 2. The molecule has 1 fully saturated rings. The lowest BCUT2D eigenvalue weighted by atomic mass is 10.2. The number of likely N-dealkylation sites (N-methyl/N-ethyl adjacent to an activating group) is 1. The lowest BCUT2D eigenvalue weighted by Gasteiger charge is -2.38. The van der Waals surface area contributed by atoms with Crippen LogP contribution in [0.1, 0.15) is 18.7 Å². The SMILES string of the molecule is CC1CN(C)CCN1c1nc(C(N)C(=O)O)cs1. The molecule has 0 spiro atoms. The highest BCUT2D eigenvalue weighted by molar-refractivity contribution is 7.13. The van der Waals surface area contributed by atoms with Crippen molar-refractivity contribution < 1.29 is 9.90 Å². The van der Waals surface area contributed by atoms with Crippen LogP contribution in [0.25, 0.3) is 0 Å². The molecule has 2 unspecified atom stereocenters. The third-order valence-corrected chi connectivity index (χ3v) is 4.07. The van der Waals surface area contributed by atoms with Crippen LogP contribution in [0.15, 0.2) is 5.38 Å². The van der Waals surface area contributed by atoms with E-state index < -0.39 is 12.0 Å². The fourth-order valence-electron chi connectivity index (χ4n) is 2.10. The van der Waals surface area contributed by atoms with E-state index in [2.05, 4.69) is 28.8 Å². The molecule has 100 valence electrons. The number of anilines is 1. The summed E-state index contributed by atoms with van der Waals surface area (Å²) in [5.74, 6) is -1.04. The van der Waals surface area contributed by atoms with E-state index in [1.807, 2.05) is 0 Å². The summed E-state index contributed by atoms with van der Waals surface area (Å²) >= 11 is 1.46. The maximum absolute atomic E-state index is 10.8. The summed E-state index contributed by atoms with van der Waals surface area (Å²) in [6.45, 7) is 5.03. The molecular weight excluding hydrogens is 252 g/mol. The number of nitrogens with two attached hydrogens (primary N) is 1. The highest BCUT2D eigenvalue weighted by Gasteiger charge is 2.25. The smallest absolute Gasteiger partial charge is 0.326 e. The van der Waals surface area contributed by atoms with Crippen molar-refractivity contribution in [1.29, 1.82) is 0 Å². The van der Waals surface area contributed by atoms with Crippen LogP contribution in [0, 0.1) is 0 Å². The highest BCUT2D eigenvalue weighted by atomic mass is 32.1. The van der Waals surface area contributed by atoms with Gasteiger partial charge in [-0.15, -0.1) is 11.3 Å². The number of aromatic nitrogens is 1. The van der Waals surface area contributed by atoms with Crippen LogP contribution in [0.4, 0.5) is 5.13 Å². The van der Waals surface area contributed by atoms with Gasteiger partial charge in [0.2, 0.25) is 0 Å². The predicted molar refractivity (Wildman–Crippen MR) is 71.0 cm³/mol. The Bertz CT molecular complexity index is 436. The van der Waals surface area contributed by atoms with Crippen molar-refractivity contribution in [3.05, 3.63) is 11.1 Å². The number of carbonyl (C=O) groups is 1. The molecule has 0 saturated carbocycles. The first kappa shape index (κ1) is 13.3. The second-order valence-corrected chi connectivity index (χ2v) is 5.51. The molecule has 7 heteroatoms. The molecule has 6 nitrogen and oxygen atoms in total. The third-order valence-electron chi connectivity index (χ3n) is 3.17. The van der Waals surface area contributed by atoms with E-state index in [4.69, 9.17) is 10.8 Å².